The number of hydrogen-bond donors (Lipinski definition) is 0. The van der Waals surface area contributed by atoms with Crippen LogP contribution in [0.25, 0.3) is 21.9 Å². The Morgan fingerprint density at radius 3 is 1.58 bits per heavy atom. The second-order valence-electron chi connectivity index (χ2n) is 6.08. The molecule has 0 aliphatic carbocycles. The van der Waals surface area contributed by atoms with Crippen LogP contribution in [0, 0.1) is 7.14 Å². The first kappa shape index (κ1) is 21.5. The van der Waals surface area contributed by atoms with E-state index in [4.69, 9.17) is 11.3 Å². The van der Waals surface area contributed by atoms with Crippen LogP contribution in [0.4, 0.5) is 13.2 Å². The second-order valence-corrected chi connectivity index (χ2v) is 12.6. The van der Waals surface area contributed by atoms with E-state index >= 15 is 0 Å². The van der Waals surface area contributed by atoms with Gasteiger partial charge in [-0.15, -0.1) is 0 Å². The molecule has 2 aromatic carbocycles. The van der Waals surface area contributed by atoms with Gasteiger partial charge in [0.15, 0.2) is 7.14 Å². The lowest BCUT2D eigenvalue weighted by molar-refractivity contribution is -1.03. The van der Waals surface area contributed by atoms with E-state index in [1.807, 2.05) is 0 Å². The maximum Gasteiger partial charge on any atom is 0.526 e. The molecule has 0 bridgehead atoms. The molecule has 0 fully saturated rings. The molecule has 161 valence electrons. The summed E-state index contributed by atoms with van der Waals surface area (Å²) >= 11 is -3.78. The summed E-state index contributed by atoms with van der Waals surface area (Å²) in [5.74, 6) is 0. The summed E-state index contributed by atoms with van der Waals surface area (Å²) in [6, 6.07) is 13.6. The van der Waals surface area contributed by atoms with Gasteiger partial charge in [0.2, 0.25) is 0 Å². The lowest BCUT2D eigenvalue weighted by Gasteiger charge is -2.08. The molecule has 4 rings (SSSR count). The number of benzene rings is 2. The van der Waals surface area contributed by atoms with E-state index in [1.165, 1.54) is 60.7 Å². The molecule has 0 saturated heterocycles. The minimum absolute atomic E-state index is 0.0626. The molecule has 2 heterocycles. The zero-order valence-electron chi connectivity index (χ0n) is 15.1. The molecule has 31 heavy (non-hydrogen) atoms. The highest BCUT2D eigenvalue weighted by molar-refractivity contribution is 7.87. The first-order valence-corrected chi connectivity index (χ1v) is 12.8. The Morgan fingerprint density at radius 1 is 0.742 bits per heavy atom. The standard InChI is InChI=1S/C19H10F3IO7S/c20-19(21,22)31(26,27)30-23(13-5-1-11-3-7-17(24)28-15(11)9-13)14-6-2-12-4-8-18(25)29-16(12)10-14/h1-10H/q+1. The highest BCUT2D eigenvalue weighted by atomic mass is 127. The molecule has 1 radical (unpaired) electrons. The fraction of sp³-hybridized carbons (Fsp3) is 0.0526. The van der Waals surface area contributed by atoms with Gasteiger partial charge in [-0.2, -0.15) is 21.6 Å². The number of fused-ring (bicyclic) bond motifs is 2. The predicted molar refractivity (Wildman–Crippen MR) is 98.4 cm³/mol. The Morgan fingerprint density at radius 2 is 1.16 bits per heavy atom. The molecule has 4 aromatic rings. The SMILES string of the molecule is O=c1ccc2ccc([I+](OS(=O)(=O)C(F)(F)F)c3ccc4ccc(=O)oc4c3)cc2o1. The van der Waals surface area contributed by atoms with Crippen molar-refractivity contribution in [3.63, 3.8) is 0 Å². The molecular formula is C19H10F3IO7S+. The zero-order valence-corrected chi connectivity index (χ0v) is 18.0. The molecule has 2 aromatic heterocycles. The Balaban J connectivity index is 1.91. The third-order valence-corrected chi connectivity index (χ3v) is 11.0. The van der Waals surface area contributed by atoms with Crippen LogP contribution in [-0.2, 0) is 12.6 Å². The lowest BCUT2D eigenvalue weighted by Crippen LogP contribution is -3.85. The van der Waals surface area contributed by atoms with E-state index in [0.29, 0.717) is 10.8 Å². The molecule has 0 N–H and O–H groups in total. The van der Waals surface area contributed by atoms with Crippen LogP contribution in [0.15, 0.2) is 79.1 Å². The van der Waals surface area contributed by atoms with Crippen LogP contribution in [0.5, 0.6) is 0 Å². The zero-order chi connectivity index (χ0) is 22.4. The van der Waals surface area contributed by atoms with Gasteiger partial charge in [-0.3, -0.25) is 0 Å². The Labute approximate surface area is 179 Å². The predicted octanol–water partition coefficient (Wildman–Crippen LogP) is 0.345. The van der Waals surface area contributed by atoms with E-state index in [9.17, 15) is 31.2 Å². The fourth-order valence-corrected chi connectivity index (χ4v) is 9.12. The first-order valence-electron chi connectivity index (χ1n) is 8.33. The number of halogens is 4. The van der Waals surface area contributed by atoms with E-state index in [2.05, 4.69) is 0 Å². The number of hydrogen-bond acceptors (Lipinski definition) is 7. The lowest BCUT2D eigenvalue weighted by atomic mass is 10.2. The molecule has 0 saturated carbocycles. The second kappa shape index (κ2) is 7.76. The van der Waals surface area contributed by atoms with Gasteiger partial charge >= 0.3 is 47.1 Å². The van der Waals surface area contributed by atoms with Gasteiger partial charge in [0.1, 0.15) is 11.2 Å². The van der Waals surface area contributed by atoms with Crippen molar-refractivity contribution >= 4 is 32.1 Å². The Hall–Kier alpha value is -2.71. The number of alkyl halides is 3. The van der Waals surface area contributed by atoms with E-state index in [1.54, 1.807) is 0 Å². The summed E-state index contributed by atoms with van der Waals surface area (Å²) in [6.45, 7) is 0. The van der Waals surface area contributed by atoms with Crippen molar-refractivity contribution in [2.75, 3.05) is 0 Å². The van der Waals surface area contributed by atoms with Crippen LogP contribution >= 0.6 is 0 Å². The largest absolute Gasteiger partial charge is 0.526 e. The molecule has 7 nitrogen and oxygen atoms in total. The summed E-state index contributed by atoms with van der Waals surface area (Å²) in [6.07, 6.45) is 0. The van der Waals surface area contributed by atoms with Gasteiger partial charge in [0.25, 0.3) is 0 Å². The maximum atomic E-state index is 13.0. The summed E-state index contributed by atoms with van der Waals surface area (Å²) in [4.78, 5) is 23.0. The molecular weight excluding hydrogens is 556 g/mol. The quantitative estimate of drug-likeness (QED) is 0.200. The van der Waals surface area contributed by atoms with E-state index in [0.717, 1.165) is 0 Å². The van der Waals surface area contributed by atoms with Gasteiger partial charge in [-0.1, -0.05) is 0 Å². The van der Waals surface area contributed by atoms with Crippen LogP contribution in [0.1, 0.15) is 0 Å². The summed E-state index contributed by atoms with van der Waals surface area (Å²) in [5.41, 5.74) is -6.86. The molecule has 0 aliphatic rings. The van der Waals surface area contributed by atoms with Crippen molar-refractivity contribution in [3.05, 3.63) is 88.6 Å². The minimum atomic E-state index is -5.93. The van der Waals surface area contributed by atoms with Crippen LogP contribution in [0.3, 0.4) is 0 Å². The normalized spacial score (nSPS) is 12.6. The van der Waals surface area contributed by atoms with Crippen molar-refractivity contribution in [2.45, 2.75) is 5.51 Å². The van der Waals surface area contributed by atoms with Gasteiger partial charge in [-0.05, 0) is 38.9 Å². The molecule has 0 aliphatic heterocycles. The third kappa shape index (κ3) is 4.36. The monoisotopic (exact) mass is 566 g/mol. The van der Waals surface area contributed by atoms with Gasteiger partial charge in [0, 0.05) is 35.0 Å². The third-order valence-electron chi connectivity index (χ3n) is 4.00. The number of rotatable bonds is 4. The maximum absolute atomic E-state index is 13.0. The average Bonchev–Trinajstić information content (AvgIpc) is 2.70. The van der Waals surface area contributed by atoms with Crippen LogP contribution in [0.2, 0.25) is 0 Å². The highest BCUT2D eigenvalue weighted by Gasteiger charge is 2.54. The average molecular weight is 566 g/mol. The molecule has 0 amide bonds. The smallest absolute Gasteiger partial charge is 0.423 e. The molecule has 12 heteroatoms. The summed E-state index contributed by atoms with van der Waals surface area (Å²) in [7, 11) is -5.93. The Kier molecular flexibility index (Phi) is 5.39. The highest BCUT2D eigenvalue weighted by Crippen LogP contribution is 2.23. The van der Waals surface area contributed by atoms with Gasteiger partial charge < -0.3 is 8.83 Å². The van der Waals surface area contributed by atoms with Crippen molar-refractivity contribution < 1.29 is 53.2 Å². The van der Waals surface area contributed by atoms with Crippen molar-refractivity contribution in [1.82, 2.24) is 0 Å². The van der Waals surface area contributed by atoms with E-state index < -0.39 is 47.1 Å². The minimum Gasteiger partial charge on any atom is -0.423 e. The topological polar surface area (TPSA) is 104 Å². The van der Waals surface area contributed by atoms with Gasteiger partial charge in [-0.25, -0.2) is 9.59 Å². The molecule has 0 unspecified atom stereocenters. The van der Waals surface area contributed by atoms with Crippen molar-refractivity contribution in [2.24, 2.45) is 0 Å². The van der Waals surface area contributed by atoms with Crippen molar-refractivity contribution in [3.8, 4) is 0 Å². The molecule has 0 atom stereocenters. The fourth-order valence-electron chi connectivity index (χ4n) is 2.60. The van der Waals surface area contributed by atoms with Crippen LogP contribution < -0.4 is 31.5 Å². The first-order chi connectivity index (χ1) is 14.5. The molecule has 0 spiro atoms. The Bertz CT molecular complexity index is 1430. The van der Waals surface area contributed by atoms with Crippen molar-refractivity contribution in [1.29, 1.82) is 0 Å². The van der Waals surface area contributed by atoms with E-state index in [-0.39, 0.29) is 18.3 Å². The summed E-state index contributed by atoms with van der Waals surface area (Å²) in [5, 5.41) is 0.977. The summed E-state index contributed by atoms with van der Waals surface area (Å²) < 4.78 is 77.7. The van der Waals surface area contributed by atoms with Crippen LogP contribution in [-0.4, -0.2) is 13.9 Å². The van der Waals surface area contributed by atoms with Gasteiger partial charge in [0.05, 0.1) is 0 Å².